The molecule has 0 saturated carbocycles. The molecule has 4 aromatic rings. The molecule has 0 atom stereocenters. The molecule has 0 amide bonds. The van der Waals surface area contributed by atoms with Crippen molar-refractivity contribution in [1.29, 1.82) is 0 Å². The van der Waals surface area contributed by atoms with Gasteiger partial charge in [0.2, 0.25) is 0 Å². The van der Waals surface area contributed by atoms with Crippen LogP contribution in [0.25, 0.3) is 21.5 Å². The topological polar surface area (TPSA) is 105 Å². The molecule has 0 radical (unpaired) electrons. The monoisotopic (exact) mass is 734 g/mol. The Morgan fingerprint density at radius 1 is 0.648 bits per heavy atom. The number of carbonyl (C=O) groups is 4. The Kier molecular flexibility index (Phi) is 13.6. The minimum Gasteiger partial charge on any atom is -0.426 e. The van der Waals surface area contributed by atoms with E-state index in [1.54, 1.807) is 0 Å². The van der Waals surface area contributed by atoms with Crippen molar-refractivity contribution in [2.24, 2.45) is 5.92 Å². The first-order valence-electron chi connectivity index (χ1n) is 18.7. The van der Waals surface area contributed by atoms with E-state index in [1.807, 2.05) is 83.1 Å². The second-order valence-corrected chi connectivity index (χ2v) is 15.1. The average molecular weight is 735 g/mol. The summed E-state index contributed by atoms with van der Waals surface area (Å²) in [6, 6.07) is 14.7. The number of esters is 4. The van der Waals surface area contributed by atoms with E-state index in [0.717, 1.165) is 24.0 Å². The smallest absolute Gasteiger partial charge is 0.311 e. The van der Waals surface area contributed by atoms with Crippen LogP contribution in [0.1, 0.15) is 110 Å². The summed E-state index contributed by atoms with van der Waals surface area (Å²) in [4.78, 5) is 51.7. The molecule has 0 aliphatic heterocycles. The Morgan fingerprint density at radius 2 is 1.09 bits per heavy atom. The zero-order chi connectivity index (χ0) is 39.9. The lowest BCUT2D eigenvalue weighted by Gasteiger charge is -2.29. The molecular formula is C46H54O8. The minimum absolute atomic E-state index is 0.240. The molecule has 4 aromatic carbocycles. The lowest BCUT2D eigenvalue weighted by Crippen LogP contribution is -2.22. The Balaban J connectivity index is 1.72. The van der Waals surface area contributed by atoms with Gasteiger partial charge in [-0.3, -0.25) is 19.2 Å². The number of hydrogen-bond acceptors (Lipinski definition) is 8. The highest BCUT2D eigenvalue weighted by molar-refractivity contribution is 6.00. The summed E-state index contributed by atoms with van der Waals surface area (Å²) in [6.45, 7) is 21.0. The van der Waals surface area contributed by atoms with Crippen molar-refractivity contribution < 1.29 is 38.1 Å². The van der Waals surface area contributed by atoms with Crippen LogP contribution in [-0.2, 0) is 31.0 Å². The summed E-state index contributed by atoms with van der Waals surface area (Å²) in [6.07, 6.45) is 5.96. The van der Waals surface area contributed by atoms with E-state index >= 15 is 0 Å². The maximum atomic E-state index is 13.7. The van der Waals surface area contributed by atoms with Gasteiger partial charge in [0.05, 0.1) is 12.8 Å². The van der Waals surface area contributed by atoms with Crippen molar-refractivity contribution in [3.63, 3.8) is 0 Å². The molecule has 0 saturated heterocycles. The van der Waals surface area contributed by atoms with Gasteiger partial charge in [0, 0.05) is 57.5 Å². The molecule has 8 heteroatoms. The number of allylic oxidation sites excluding steroid dienone is 4. The predicted molar refractivity (Wildman–Crippen MR) is 214 cm³/mol. The fourth-order valence-electron chi connectivity index (χ4n) is 7.19. The van der Waals surface area contributed by atoms with Gasteiger partial charge in [0.25, 0.3) is 0 Å². The van der Waals surface area contributed by atoms with E-state index in [-0.39, 0.29) is 12.8 Å². The van der Waals surface area contributed by atoms with Crippen LogP contribution >= 0.6 is 0 Å². The van der Waals surface area contributed by atoms with Crippen LogP contribution < -0.4 is 18.9 Å². The Labute approximate surface area is 319 Å². The molecule has 0 spiro atoms. The van der Waals surface area contributed by atoms with Gasteiger partial charge in [-0.25, -0.2) is 0 Å². The van der Waals surface area contributed by atoms with E-state index in [4.69, 9.17) is 18.9 Å². The van der Waals surface area contributed by atoms with Crippen LogP contribution in [0.5, 0.6) is 23.0 Å². The Morgan fingerprint density at radius 3 is 1.56 bits per heavy atom. The van der Waals surface area contributed by atoms with Crippen molar-refractivity contribution in [2.45, 2.75) is 114 Å². The third-order valence-electron chi connectivity index (χ3n) is 9.49. The summed E-state index contributed by atoms with van der Waals surface area (Å²) >= 11 is 0. The van der Waals surface area contributed by atoms with Gasteiger partial charge < -0.3 is 18.9 Å². The zero-order valence-electron chi connectivity index (χ0n) is 33.7. The van der Waals surface area contributed by atoms with Crippen LogP contribution in [0.4, 0.5) is 0 Å². The van der Waals surface area contributed by atoms with Crippen LogP contribution in [0.3, 0.4) is 0 Å². The third-order valence-corrected chi connectivity index (χ3v) is 9.49. The number of rotatable bonds is 14. The highest BCUT2D eigenvalue weighted by Crippen LogP contribution is 2.47. The van der Waals surface area contributed by atoms with Gasteiger partial charge in [-0.15, -0.1) is 0 Å². The van der Waals surface area contributed by atoms with Crippen LogP contribution in [0.15, 0.2) is 71.8 Å². The number of ether oxygens (including phenoxy) is 4. The first kappa shape index (κ1) is 41.5. The van der Waals surface area contributed by atoms with Crippen LogP contribution in [0, 0.1) is 19.8 Å². The molecule has 8 nitrogen and oxygen atoms in total. The van der Waals surface area contributed by atoms with E-state index in [1.165, 1.54) is 19.4 Å². The molecule has 0 aliphatic carbocycles. The van der Waals surface area contributed by atoms with Crippen LogP contribution in [0.2, 0.25) is 0 Å². The quantitative estimate of drug-likeness (QED) is 0.0716. The highest BCUT2D eigenvalue weighted by atomic mass is 16.6. The lowest BCUT2D eigenvalue weighted by atomic mass is 9.77. The molecule has 286 valence electrons. The molecule has 0 unspecified atom stereocenters. The summed E-state index contributed by atoms with van der Waals surface area (Å²) in [5, 5.41) is 2.51. The van der Waals surface area contributed by atoms with Gasteiger partial charge in [-0.05, 0) is 58.4 Å². The third kappa shape index (κ3) is 9.84. The maximum absolute atomic E-state index is 13.7. The first-order valence-corrected chi connectivity index (χ1v) is 18.7. The molecule has 0 aromatic heterocycles. The van der Waals surface area contributed by atoms with E-state index in [9.17, 15) is 19.2 Å². The molecule has 0 bridgehead atoms. The minimum atomic E-state index is -0.630. The molecule has 54 heavy (non-hydrogen) atoms. The second-order valence-electron chi connectivity index (χ2n) is 15.1. The summed E-state index contributed by atoms with van der Waals surface area (Å²) in [5.41, 5.74) is 4.52. The largest absolute Gasteiger partial charge is 0.426 e. The number of fused-ring (bicyclic) bond motifs is 2. The molecule has 4 rings (SSSR count). The normalized spacial score (nSPS) is 12.3. The zero-order valence-corrected chi connectivity index (χ0v) is 33.7. The molecule has 0 heterocycles. The second kappa shape index (κ2) is 17.7. The van der Waals surface area contributed by atoms with Gasteiger partial charge >= 0.3 is 23.9 Å². The number of carbonyl (C=O) groups excluding carboxylic acids is 4. The van der Waals surface area contributed by atoms with E-state index < -0.39 is 29.3 Å². The SMILES string of the molecule is CC/C(C)=C/Cc1c(C)c(OC(C)=O)c2ccccc2c1OC(=O)CCC(=O)Oc1c(C(C)(C)/C=C(\C)CC(C)C)c(C)c(OC(C)=O)c2ccccc12. The average Bonchev–Trinajstić information content (AvgIpc) is 3.09. The van der Waals surface area contributed by atoms with Crippen molar-refractivity contribution in [3.05, 3.63) is 94.1 Å². The van der Waals surface area contributed by atoms with E-state index in [2.05, 4.69) is 39.8 Å². The highest BCUT2D eigenvalue weighted by Gasteiger charge is 2.31. The Bertz CT molecular complexity index is 2150. The van der Waals surface area contributed by atoms with Crippen LogP contribution in [-0.4, -0.2) is 23.9 Å². The summed E-state index contributed by atoms with van der Waals surface area (Å²) < 4.78 is 23.8. The van der Waals surface area contributed by atoms with Gasteiger partial charge in [-0.2, -0.15) is 0 Å². The van der Waals surface area contributed by atoms with E-state index in [0.29, 0.717) is 73.6 Å². The molecule has 0 aliphatic rings. The number of benzene rings is 4. The van der Waals surface area contributed by atoms with Crippen molar-refractivity contribution in [2.75, 3.05) is 0 Å². The molecule has 0 N–H and O–H groups in total. The van der Waals surface area contributed by atoms with Crippen molar-refractivity contribution in [1.82, 2.24) is 0 Å². The fraction of sp³-hybridized carbons (Fsp3) is 0.391. The summed E-state index contributed by atoms with van der Waals surface area (Å²) in [7, 11) is 0. The standard InChI is InChI=1S/C46H54O8/c1-12-28(4)21-22-34-30(6)42(51-32(8)47)35-17-13-15-19-37(35)44(34)53-39(49)23-24-40(50)54-45-38-20-16-14-18-36(38)43(52-33(9)48)31(7)41(45)46(10,11)26-29(5)25-27(2)3/h13-21,26-27H,12,22-25H2,1-11H3/b28-21+,29-26+. The molecule has 0 fully saturated rings. The van der Waals surface area contributed by atoms with Gasteiger partial charge in [0.1, 0.15) is 23.0 Å². The maximum Gasteiger partial charge on any atom is 0.311 e. The fourth-order valence-corrected chi connectivity index (χ4v) is 7.19. The van der Waals surface area contributed by atoms with Crippen molar-refractivity contribution in [3.8, 4) is 23.0 Å². The number of hydrogen-bond donors (Lipinski definition) is 0. The predicted octanol–water partition coefficient (Wildman–Crippen LogP) is 10.9. The first-order chi connectivity index (χ1) is 25.4. The Hall–Kier alpha value is -5.24. The van der Waals surface area contributed by atoms with Gasteiger partial charge in [0.15, 0.2) is 0 Å². The lowest BCUT2D eigenvalue weighted by molar-refractivity contribution is -0.140. The van der Waals surface area contributed by atoms with Gasteiger partial charge in [-0.1, -0.05) is 106 Å². The summed E-state index contributed by atoms with van der Waals surface area (Å²) in [5.74, 6) is -0.0917. The molecular weight excluding hydrogens is 680 g/mol. The van der Waals surface area contributed by atoms with Crippen molar-refractivity contribution >= 4 is 45.4 Å².